The number of aromatic nitrogens is 3. The molecule has 0 bridgehead atoms. The number of aryl methyl sites for hydroxylation is 1. The van der Waals surface area contributed by atoms with Crippen LogP contribution in [-0.4, -0.2) is 20.1 Å². The van der Waals surface area contributed by atoms with Crippen molar-refractivity contribution < 1.29 is 9.34 Å². The second-order valence-corrected chi connectivity index (χ2v) is 5.08. The van der Waals surface area contributed by atoms with Crippen molar-refractivity contribution >= 4 is 38.5 Å². The molecule has 0 radical (unpaired) electrons. The Morgan fingerprint density at radius 1 is 1.17 bits per heavy atom. The minimum Gasteiger partial charge on any atom is -0.422 e. The third-order valence-corrected chi connectivity index (χ3v) is 3.75. The fourth-order valence-corrected chi connectivity index (χ4v) is 2.78. The van der Waals surface area contributed by atoms with E-state index in [4.69, 9.17) is 4.42 Å². The Morgan fingerprint density at radius 2 is 1.96 bits per heavy atom. The number of non-ortho nitro benzene ring substituents is 1. The standard InChI is InChI=1S/C14H8N4O5/c1-5-9-10(11-12(15-5)16-17-13(11)19)7-4-6(18(21)22)2-3-8(7)23-14(9)20/h2-4H,1H3,(H2,15,16,17,19). The van der Waals surface area contributed by atoms with Crippen LogP contribution in [0.5, 0.6) is 0 Å². The first kappa shape index (κ1) is 13.2. The SMILES string of the molecule is Cc1nc2[nH][nH]c(=O)c2c2c1c(=O)oc1ccc([N+](=O)[O-])cc12. The Kier molecular flexibility index (Phi) is 2.44. The molecule has 0 atom stereocenters. The first-order valence-corrected chi connectivity index (χ1v) is 6.59. The summed E-state index contributed by atoms with van der Waals surface area (Å²) in [6, 6.07) is 3.87. The van der Waals surface area contributed by atoms with Crippen molar-refractivity contribution in [1.82, 2.24) is 15.2 Å². The first-order chi connectivity index (χ1) is 11.0. The molecule has 0 aliphatic heterocycles. The van der Waals surface area contributed by atoms with Gasteiger partial charge in [-0.05, 0) is 13.0 Å². The zero-order chi connectivity index (χ0) is 16.3. The van der Waals surface area contributed by atoms with Crippen LogP contribution in [0.3, 0.4) is 0 Å². The molecular weight excluding hydrogens is 304 g/mol. The molecule has 3 heterocycles. The lowest BCUT2D eigenvalue weighted by Crippen LogP contribution is -2.07. The normalized spacial score (nSPS) is 11.5. The maximum absolute atomic E-state index is 12.2. The van der Waals surface area contributed by atoms with Crippen molar-refractivity contribution in [3.05, 3.63) is 54.8 Å². The minimum absolute atomic E-state index is 0.135. The molecule has 23 heavy (non-hydrogen) atoms. The lowest BCUT2D eigenvalue weighted by atomic mass is 10.0. The van der Waals surface area contributed by atoms with Gasteiger partial charge in [0.25, 0.3) is 11.2 Å². The summed E-state index contributed by atoms with van der Waals surface area (Å²) in [5.74, 6) is 0. The summed E-state index contributed by atoms with van der Waals surface area (Å²) in [5.41, 5.74) is -0.462. The summed E-state index contributed by atoms with van der Waals surface area (Å²) in [6.07, 6.45) is 0. The van der Waals surface area contributed by atoms with Crippen LogP contribution >= 0.6 is 0 Å². The molecule has 1 aromatic carbocycles. The summed E-state index contributed by atoms with van der Waals surface area (Å²) < 4.78 is 5.22. The van der Waals surface area contributed by atoms with Gasteiger partial charge in [0.2, 0.25) is 0 Å². The van der Waals surface area contributed by atoms with Crippen molar-refractivity contribution in [3.63, 3.8) is 0 Å². The zero-order valence-corrected chi connectivity index (χ0v) is 11.7. The third kappa shape index (κ3) is 1.70. The van der Waals surface area contributed by atoms with Gasteiger partial charge in [0.1, 0.15) is 5.58 Å². The topological polar surface area (TPSA) is 135 Å². The molecule has 0 amide bonds. The second kappa shape index (κ2) is 4.26. The van der Waals surface area contributed by atoms with Gasteiger partial charge in [-0.15, -0.1) is 0 Å². The van der Waals surface area contributed by atoms with E-state index in [0.717, 1.165) is 0 Å². The number of rotatable bonds is 1. The fourth-order valence-electron chi connectivity index (χ4n) is 2.78. The Bertz CT molecular complexity index is 1250. The molecule has 0 aliphatic carbocycles. The van der Waals surface area contributed by atoms with Crippen molar-refractivity contribution in [1.29, 1.82) is 0 Å². The quantitative estimate of drug-likeness (QED) is 0.238. The third-order valence-electron chi connectivity index (χ3n) is 3.75. The molecule has 114 valence electrons. The average molecular weight is 312 g/mol. The number of fused-ring (bicyclic) bond motifs is 5. The van der Waals surface area contributed by atoms with Gasteiger partial charge in [0, 0.05) is 22.9 Å². The van der Waals surface area contributed by atoms with Crippen molar-refractivity contribution in [2.45, 2.75) is 6.92 Å². The van der Waals surface area contributed by atoms with E-state index in [1.54, 1.807) is 6.92 Å². The van der Waals surface area contributed by atoms with E-state index in [1.165, 1.54) is 18.2 Å². The van der Waals surface area contributed by atoms with Crippen LogP contribution < -0.4 is 11.2 Å². The molecule has 0 unspecified atom stereocenters. The number of nitro groups is 1. The minimum atomic E-state index is -0.645. The van der Waals surface area contributed by atoms with Gasteiger partial charge in [0.05, 0.1) is 21.4 Å². The predicted octanol–water partition coefficient (Wildman–Crippen LogP) is 1.73. The van der Waals surface area contributed by atoms with Crippen LogP contribution in [0.2, 0.25) is 0 Å². The van der Waals surface area contributed by atoms with Crippen LogP contribution in [0.4, 0.5) is 5.69 Å². The van der Waals surface area contributed by atoms with Crippen LogP contribution in [0.15, 0.2) is 32.2 Å². The number of nitro benzene ring substituents is 1. The van der Waals surface area contributed by atoms with Gasteiger partial charge < -0.3 is 4.42 Å². The monoisotopic (exact) mass is 312 g/mol. The Morgan fingerprint density at radius 3 is 2.70 bits per heavy atom. The second-order valence-electron chi connectivity index (χ2n) is 5.08. The number of pyridine rings is 1. The smallest absolute Gasteiger partial charge is 0.346 e. The highest BCUT2D eigenvalue weighted by Gasteiger charge is 2.19. The predicted molar refractivity (Wildman–Crippen MR) is 81.7 cm³/mol. The van der Waals surface area contributed by atoms with E-state index in [9.17, 15) is 19.7 Å². The van der Waals surface area contributed by atoms with E-state index in [2.05, 4.69) is 15.2 Å². The molecule has 0 saturated heterocycles. The largest absolute Gasteiger partial charge is 0.422 e. The molecule has 4 aromatic rings. The van der Waals surface area contributed by atoms with E-state index >= 15 is 0 Å². The van der Waals surface area contributed by atoms with Crippen molar-refractivity contribution in [2.75, 3.05) is 0 Å². The molecular formula is C14H8N4O5. The molecule has 0 fully saturated rings. The zero-order valence-electron chi connectivity index (χ0n) is 11.7. The summed E-state index contributed by atoms with van der Waals surface area (Å²) in [7, 11) is 0. The Balaban J connectivity index is 2.42. The van der Waals surface area contributed by atoms with Crippen LogP contribution in [0, 0.1) is 17.0 Å². The Labute approximate surface area is 125 Å². The summed E-state index contributed by atoms with van der Waals surface area (Å²) in [5, 5.41) is 17.0. The number of aromatic amines is 2. The fraction of sp³-hybridized carbons (Fsp3) is 0.0714. The van der Waals surface area contributed by atoms with E-state index in [0.29, 0.717) is 16.5 Å². The van der Waals surface area contributed by atoms with Crippen LogP contribution in [0.25, 0.3) is 32.8 Å². The molecule has 0 aliphatic rings. The molecule has 9 nitrogen and oxygen atoms in total. The van der Waals surface area contributed by atoms with E-state index in [-0.39, 0.29) is 27.7 Å². The van der Waals surface area contributed by atoms with Gasteiger partial charge in [-0.25, -0.2) is 9.78 Å². The number of benzene rings is 1. The lowest BCUT2D eigenvalue weighted by molar-refractivity contribution is -0.384. The van der Waals surface area contributed by atoms with Crippen LogP contribution in [-0.2, 0) is 0 Å². The van der Waals surface area contributed by atoms with Crippen LogP contribution in [0.1, 0.15) is 5.69 Å². The molecule has 4 rings (SSSR count). The van der Waals surface area contributed by atoms with Gasteiger partial charge in [-0.3, -0.25) is 25.1 Å². The Hall–Kier alpha value is -3.49. The molecule has 0 saturated carbocycles. The summed E-state index contributed by atoms with van der Waals surface area (Å²) >= 11 is 0. The highest BCUT2D eigenvalue weighted by atomic mass is 16.6. The van der Waals surface area contributed by atoms with E-state index < -0.39 is 16.1 Å². The maximum atomic E-state index is 12.2. The molecule has 3 aromatic heterocycles. The number of hydrogen-bond acceptors (Lipinski definition) is 6. The highest BCUT2D eigenvalue weighted by Crippen LogP contribution is 2.30. The number of nitrogens with zero attached hydrogens (tertiary/aromatic N) is 2. The van der Waals surface area contributed by atoms with Gasteiger partial charge in [-0.2, -0.15) is 0 Å². The number of nitrogens with one attached hydrogen (secondary N) is 2. The van der Waals surface area contributed by atoms with Gasteiger partial charge in [-0.1, -0.05) is 0 Å². The first-order valence-electron chi connectivity index (χ1n) is 6.59. The maximum Gasteiger partial charge on any atom is 0.346 e. The van der Waals surface area contributed by atoms with Crippen molar-refractivity contribution in [2.24, 2.45) is 0 Å². The van der Waals surface area contributed by atoms with Gasteiger partial charge >= 0.3 is 5.63 Å². The highest BCUT2D eigenvalue weighted by molar-refractivity contribution is 6.17. The van der Waals surface area contributed by atoms with Gasteiger partial charge in [0.15, 0.2) is 5.65 Å². The number of hydrogen-bond donors (Lipinski definition) is 2. The molecule has 0 spiro atoms. The number of H-pyrrole nitrogens is 2. The van der Waals surface area contributed by atoms with Crippen molar-refractivity contribution in [3.8, 4) is 0 Å². The lowest BCUT2D eigenvalue weighted by Gasteiger charge is -2.05. The summed E-state index contributed by atoms with van der Waals surface area (Å²) in [4.78, 5) is 39.0. The van der Waals surface area contributed by atoms with E-state index in [1.807, 2.05) is 0 Å². The molecule has 9 heteroatoms. The molecule has 2 N–H and O–H groups in total. The average Bonchev–Trinajstić information content (AvgIpc) is 2.87. The summed E-state index contributed by atoms with van der Waals surface area (Å²) in [6.45, 7) is 1.60.